The monoisotopic (exact) mass is 187 g/mol. The van der Waals surface area contributed by atoms with E-state index in [-0.39, 0.29) is 18.0 Å². The minimum atomic E-state index is -1.01. The molecule has 0 aromatic rings. The summed E-state index contributed by atoms with van der Waals surface area (Å²) in [6.45, 7) is 2.28. The summed E-state index contributed by atoms with van der Waals surface area (Å²) in [6.07, 6.45) is 0.541. The fourth-order valence-electron chi connectivity index (χ4n) is 1.91. The summed E-state index contributed by atoms with van der Waals surface area (Å²) in [6, 6.07) is 0. The molecular weight excluding hydrogens is 174 g/mol. The van der Waals surface area contributed by atoms with Gasteiger partial charge in [-0.1, -0.05) is 0 Å². The summed E-state index contributed by atoms with van der Waals surface area (Å²) in [7, 11) is 0. The van der Waals surface area contributed by atoms with Crippen LogP contribution in [0.4, 0.5) is 0 Å². The van der Waals surface area contributed by atoms with E-state index in [1.807, 2.05) is 0 Å². The minimum Gasteiger partial charge on any atom is -0.460 e. The first-order valence-electron chi connectivity index (χ1n) is 4.36. The van der Waals surface area contributed by atoms with E-state index >= 15 is 0 Å². The lowest BCUT2D eigenvalue weighted by Crippen LogP contribution is -2.45. The molecule has 5 heteroatoms. The summed E-state index contributed by atoms with van der Waals surface area (Å²) in [5.41, 5.74) is 5.79. The van der Waals surface area contributed by atoms with Crippen LogP contribution in [0.1, 0.15) is 13.3 Å². The largest absolute Gasteiger partial charge is 0.460 e. The SMILES string of the molecule is CC(=O)O[C@H]1CO[C@@]2(N)OCC[C@@H]12. The molecule has 2 saturated heterocycles. The molecule has 0 amide bonds. The average molecular weight is 187 g/mol. The van der Waals surface area contributed by atoms with E-state index in [1.165, 1.54) is 6.92 Å². The zero-order chi connectivity index (χ0) is 9.47. The molecule has 3 atom stereocenters. The van der Waals surface area contributed by atoms with Crippen molar-refractivity contribution in [1.82, 2.24) is 0 Å². The second-order valence-corrected chi connectivity index (χ2v) is 3.42. The predicted molar refractivity (Wildman–Crippen MR) is 42.5 cm³/mol. The van der Waals surface area contributed by atoms with Gasteiger partial charge in [0.15, 0.2) is 0 Å². The lowest BCUT2D eigenvalue weighted by Gasteiger charge is -2.22. The fourth-order valence-corrected chi connectivity index (χ4v) is 1.91. The van der Waals surface area contributed by atoms with Crippen molar-refractivity contribution in [3.05, 3.63) is 0 Å². The highest BCUT2D eigenvalue weighted by molar-refractivity contribution is 5.66. The van der Waals surface area contributed by atoms with Gasteiger partial charge in [-0.25, -0.2) is 0 Å². The number of hydrogen-bond acceptors (Lipinski definition) is 5. The van der Waals surface area contributed by atoms with E-state index in [4.69, 9.17) is 19.9 Å². The van der Waals surface area contributed by atoms with Crippen LogP contribution >= 0.6 is 0 Å². The summed E-state index contributed by atoms with van der Waals surface area (Å²) in [5.74, 6) is -1.33. The van der Waals surface area contributed by atoms with Crippen LogP contribution < -0.4 is 5.73 Å². The molecule has 74 valence electrons. The Kier molecular flexibility index (Phi) is 2.02. The van der Waals surface area contributed by atoms with Gasteiger partial charge in [0.05, 0.1) is 19.1 Å². The molecule has 2 N–H and O–H groups in total. The van der Waals surface area contributed by atoms with Gasteiger partial charge in [-0.05, 0) is 6.42 Å². The second kappa shape index (κ2) is 2.94. The molecule has 2 fully saturated rings. The van der Waals surface area contributed by atoms with Crippen LogP contribution in [0.25, 0.3) is 0 Å². The molecule has 0 radical (unpaired) electrons. The number of esters is 1. The van der Waals surface area contributed by atoms with E-state index in [0.717, 1.165) is 6.42 Å². The van der Waals surface area contributed by atoms with Gasteiger partial charge in [-0.3, -0.25) is 10.5 Å². The summed E-state index contributed by atoms with van der Waals surface area (Å²) < 4.78 is 15.6. The number of ether oxygens (including phenoxy) is 3. The van der Waals surface area contributed by atoms with Crippen molar-refractivity contribution >= 4 is 5.97 Å². The molecule has 0 saturated carbocycles. The predicted octanol–water partition coefficient (Wildman–Crippen LogP) is -0.403. The average Bonchev–Trinajstić information content (AvgIpc) is 2.50. The van der Waals surface area contributed by atoms with Crippen LogP contribution in [0.15, 0.2) is 0 Å². The lowest BCUT2D eigenvalue weighted by atomic mass is 10.0. The summed E-state index contributed by atoms with van der Waals surface area (Å²) in [5, 5.41) is 0. The van der Waals surface area contributed by atoms with Gasteiger partial charge < -0.3 is 14.2 Å². The third-order valence-corrected chi connectivity index (χ3v) is 2.51. The number of nitrogens with two attached hydrogens (primary N) is 1. The van der Waals surface area contributed by atoms with E-state index < -0.39 is 5.91 Å². The Morgan fingerprint density at radius 1 is 1.62 bits per heavy atom. The zero-order valence-electron chi connectivity index (χ0n) is 7.49. The molecule has 2 rings (SSSR count). The van der Waals surface area contributed by atoms with Gasteiger partial charge in [-0.15, -0.1) is 0 Å². The quantitative estimate of drug-likeness (QED) is 0.565. The van der Waals surface area contributed by atoms with Crippen molar-refractivity contribution in [1.29, 1.82) is 0 Å². The van der Waals surface area contributed by atoms with Crippen molar-refractivity contribution in [2.24, 2.45) is 11.7 Å². The highest BCUT2D eigenvalue weighted by Gasteiger charge is 2.53. The number of rotatable bonds is 1. The van der Waals surface area contributed by atoms with Gasteiger partial charge in [0.25, 0.3) is 0 Å². The Hall–Kier alpha value is -0.650. The molecule has 2 heterocycles. The van der Waals surface area contributed by atoms with E-state index in [0.29, 0.717) is 13.2 Å². The number of hydrogen-bond donors (Lipinski definition) is 1. The third-order valence-electron chi connectivity index (χ3n) is 2.51. The molecule has 0 bridgehead atoms. The maximum Gasteiger partial charge on any atom is 0.302 e. The highest BCUT2D eigenvalue weighted by Crippen LogP contribution is 2.38. The van der Waals surface area contributed by atoms with Crippen molar-refractivity contribution in [3.63, 3.8) is 0 Å². The van der Waals surface area contributed by atoms with Gasteiger partial charge in [0.2, 0.25) is 5.91 Å². The van der Waals surface area contributed by atoms with Crippen LogP contribution in [-0.4, -0.2) is 31.2 Å². The van der Waals surface area contributed by atoms with Crippen molar-refractivity contribution in [2.45, 2.75) is 25.4 Å². The Labute approximate surface area is 76.1 Å². The second-order valence-electron chi connectivity index (χ2n) is 3.42. The van der Waals surface area contributed by atoms with Gasteiger partial charge in [0.1, 0.15) is 6.10 Å². The number of carbonyl (C=O) groups is 1. The lowest BCUT2D eigenvalue weighted by molar-refractivity contribution is -0.191. The smallest absolute Gasteiger partial charge is 0.302 e. The van der Waals surface area contributed by atoms with Crippen LogP contribution in [0.5, 0.6) is 0 Å². The molecule has 0 unspecified atom stereocenters. The van der Waals surface area contributed by atoms with Crippen LogP contribution in [0.2, 0.25) is 0 Å². The first-order valence-corrected chi connectivity index (χ1v) is 4.36. The fraction of sp³-hybridized carbons (Fsp3) is 0.875. The van der Waals surface area contributed by atoms with Crippen molar-refractivity contribution in [2.75, 3.05) is 13.2 Å². The Morgan fingerprint density at radius 2 is 2.38 bits per heavy atom. The Morgan fingerprint density at radius 3 is 3.08 bits per heavy atom. The van der Waals surface area contributed by atoms with Crippen molar-refractivity contribution in [3.8, 4) is 0 Å². The van der Waals surface area contributed by atoms with Crippen LogP contribution in [0, 0.1) is 5.92 Å². The molecule has 0 spiro atoms. The summed E-state index contributed by atoms with van der Waals surface area (Å²) in [4.78, 5) is 10.7. The standard InChI is InChI=1S/C8H13NO4/c1-5(10)13-7-4-12-8(9)6(7)2-3-11-8/h6-7H,2-4,9H2,1H3/t6-,7-,8-/m0/s1. The van der Waals surface area contributed by atoms with Crippen LogP contribution in [0.3, 0.4) is 0 Å². The normalized spacial score (nSPS) is 43.2. The molecule has 0 aliphatic carbocycles. The van der Waals surface area contributed by atoms with Gasteiger partial charge >= 0.3 is 5.97 Å². The highest BCUT2D eigenvalue weighted by atomic mass is 16.7. The maximum atomic E-state index is 10.7. The van der Waals surface area contributed by atoms with Crippen LogP contribution in [-0.2, 0) is 19.0 Å². The Balaban J connectivity index is 2.05. The topological polar surface area (TPSA) is 70.8 Å². The summed E-state index contributed by atoms with van der Waals surface area (Å²) >= 11 is 0. The first kappa shape index (κ1) is 8.93. The maximum absolute atomic E-state index is 10.7. The first-order chi connectivity index (χ1) is 6.12. The number of carbonyl (C=O) groups excluding carboxylic acids is 1. The molecule has 0 aromatic heterocycles. The molecule has 5 nitrogen and oxygen atoms in total. The molecule has 2 aliphatic rings. The van der Waals surface area contributed by atoms with E-state index in [2.05, 4.69) is 0 Å². The molecule has 0 aromatic carbocycles. The van der Waals surface area contributed by atoms with E-state index in [1.54, 1.807) is 0 Å². The molecule has 2 aliphatic heterocycles. The van der Waals surface area contributed by atoms with Gasteiger partial charge in [0, 0.05) is 6.92 Å². The Bertz CT molecular complexity index is 232. The third kappa shape index (κ3) is 1.43. The molecule has 13 heavy (non-hydrogen) atoms. The van der Waals surface area contributed by atoms with E-state index in [9.17, 15) is 4.79 Å². The molecular formula is C8H13NO4. The minimum absolute atomic E-state index is 0.0172. The number of fused-ring (bicyclic) bond motifs is 1. The zero-order valence-corrected chi connectivity index (χ0v) is 7.49. The van der Waals surface area contributed by atoms with Crippen molar-refractivity contribution < 1.29 is 19.0 Å². The van der Waals surface area contributed by atoms with Gasteiger partial charge in [-0.2, -0.15) is 0 Å².